The number of carboxylic acid groups (broad SMARTS) is 1. The van der Waals surface area contributed by atoms with Gasteiger partial charge < -0.3 is 9.84 Å². The van der Waals surface area contributed by atoms with Crippen LogP contribution in [-0.4, -0.2) is 28.4 Å². The van der Waals surface area contributed by atoms with Crippen LogP contribution in [0.2, 0.25) is 0 Å². The predicted octanol–water partition coefficient (Wildman–Crippen LogP) is 3.74. The van der Waals surface area contributed by atoms with Crippen molar-refractivity contribution in [1.82, 2.24) is 0 Å². The lowest BCUT2D eigenvalue weighted by atomic mass is 9.41. The summed E-state index contributed by atoms with van der Waals surface area (Å²) < 4.78 is 5.59. The predicted molar refractivity (Wildman–Crippen MR) is 94.3 cm³/mol. The number of carboxylic acids is 1. The molecule has 1 N–H and O–H groups in total. The summed E-state index contributed by atoms with van der Waals surface area (Å²) >= 11 is 0. The third-order valence-corrected chi connectivity index (χ3v) is 8.77. The molecule has 4 unspecified atom stereocenters. The van der Waals surface area contributed by atoms with E-state index in [-0.39, 0.29) is 28.5 Å². The van der Waals surface area contributed by atoms with Crippen molar-refractivity contribution in [2.24, 2.45) is 28.1 Å². The minimum atomic E-state index is -0.906. The van der Waals surface area contributed by atoms with Crippen LogP contribution in [0.3, 0.4) is 0 Å². The van der Waals surface area contributed by atoms with E-state index in [9.17, 15) is 19.5 Å². The second kappa shape index (κ2) is 5.32. The van der Waals surface area contributed by atoms with Crippen molar-refractivity contribution in [2.75, 3.05) is 0 Å². The van der Waals surface area contributed by atoms with Crippen molar-refractivity contribution < 1.29 is 24.2 Å². The van der Waals surface area contributed by atoms with Crippen molar-refractivity contribution in [3.05, 3.63) is 0 Å². The molecule has 144 valence electrons. The van der Waals surface area contributed by atoms with Gasteiger partial charge in [-0.25, -0.2) is 0 Å². The lowest BCUT2D eigenvalue weighted by molar-refractivity contribution is -0.192. The molecule has 4 aliphatic carbocycles. The Kier molecular flexibility index (Phi) is 3.69. The van der Waals surface area contributed by atoms with Crippen LogP contribution in [0.1, 0.15) is 78.6 Å². The molecule has 4 saturated carbocycles. The SMILES string of the molecule is CC(=O)OC12CC[C@@H]3C(CC[C@@H]4C(C)(C(=O)O)CCCC34C)(CC1=O)C2. The standard InChI is InChI=1S/C21H30O5/c1-13(22)26-21-10-6-15-18(2)7-4-8-19(3,17(24)25)14(18)5-9-20(15,12-21)11-16(21)23/h14-15H,4-12H2,1-3H3,(H,24,25)/t14-,15-,18?,19?,20?,21?/m0/s1. The Hall–Kier alpha value is -1.39. The Morgan fingerprint density at radius 1 is 1.08 bits per heavy atom. The number of ketones is 1. The van der Waals surface area contributed by atoms with Gasteiger partial charge in [0.25, 0.3) is 0 Å². The molecule has 4 rings (SSSR count). The Balaban J connectivity index is 1.71. The van der Waals surface area contributed by atoms with Gasteiger partial charge in [0, 0.05) is 19.8 Å². The summed E-state index contributed by atoms with van der Waals surface area (Å²) in [6.07, 6.45) is 7.08. The number of fused-ring (bicyclic) bond motifs is 3. The maximum atomic E-state index is 12.9. The molecular formula is C21H30O5. The molecule has 4 aliphatic rings. The van der Waals surface area contributed by atoms with Gasteiger partial charge >= 0.3 is 11.9 Å². The molecule has 0 aromatic carbocycles. The van der Waals surface area contributed by atoms with Gasteiger partial charge in [-0.1, -0.05) is 13.3 Å². The Morgan fingerprint density at radius 3 is 2.42 bits per heavy atom. The van der Waals surface area contributed by atoms with Crippen LogP contribution in [-0.2, 0) is 19.1 Å². The molecular weight excluding hydrogens is 332 g/mol. The summed E-state index contributed by atoms with van der Waals surface area (Å²) in [5, 5.41) is 9.95. The van der Waals surface area contributed by atoms with Crippen LogP contribution in [0.4, 0.5) is 0 Å². The number of hydrogen-bond acceptors (Lipinski definition) is 4. The van der Waals surface area contributed by atoms with Gasteiger partial charge in [-0.2, -0.15) is 0 Å². The molecule has 0 aromatic rings. The number of carbonyl (C=O) groups excluding carboxylic acids is 2. The number of aliphatic carboxylic acids is 1. The zero-order valence-electron chi connectivity index (χ0n) is 16.1. The third kappa shape index (κ3) is 2.12. The molecule has 4 fully saturated rings. The number of hydrogen-bond donors (Lipinski definition) is 1. The first-order valence-electron chi connectivity index (χ1n) is 10.0. The highest BCUT2D eigenvalue weighted by Crippen LogP contribution is 2.71. The van der Waals surface area contributed by atoms with E-state index in [1.54, 1.807) is 0 Å². The zero-order valence-corrected chi connectivity index (χ0v) is 16.1. The number of esters is 1. The van der Waals surface area contributed by atoms with Gasteiger partial charge in [0.15, 0.2) is 11.4 Å². The monoisotopic (exact) mass is 362 g/mol. The Labute approximate surface area is 154 Å². The molecule has 0 radical (unpaired) electrons. The highest BCUT2D eigenvalue weighted by atomic mass is 16.6. The van der Waals surface area contributed by atoms with Crippen molar-refractivity contribution in [1.29, 1.82) is 0 Å². The highest BCUT2D eigenvalue weighted by molar-refractivity contribution is 5.93. The normalized spacial score (nSPS) is 49.9. The van der Waals surface area contributed by atoms with Gasteiger partial charge in [0.1, 0.15) is 0 Å². The average Bonchev–Trinajstić information content (AvgIpc) is 2.72. The van der Waals surface area contributed by atoms with Gasteiger partial charge in [0.2, 0.25) is 0 Å². The molecule has 6 atom stereocenters. The molecule has 0 heterocycles. The zero-order chi connectivity index (χ0) is 19.0. The summed E-state index contributed by atoms with van der Waals surface area (Å²) in [6.45, 7) is 5.60. The van der Waals surface area contributed by atoms with Crippen molar-refractivity contribution >= 4 is 17.7 Å². The molecule has 0 aromatic heterocycles. The van der Waals surface area contributed by atoms with Crippen LogP contribution in [0.5, 0.6) is 0 Å². The van der Waals surface area contributed by atoms with Crippen molar-refractivity contribution in [2.45, 2.75) is 84.2 Å². The van der Waals surface area contributed by atoms with E-state index in [0.29, 0.717) is 25.2 Å². The average molecular weight is 362 g/mol. The summed E-state index contributed by atoms with van der Waals surface area (Å²) in [4.78, 5) is 36.6. The lowest BCUT2D eigenvalue weighted by Gasteiger charge is -2.63. The molecule has 5 heteroatoms. The van der Waals surface area contributed by atoms with Crippen LogP contribution >= 0.6 is 0 Å². The van der Waals surface area contributed by atoms with E-state index >= 15 is 0 Å². The van der Waals surface area contributed by atoms with E-state index in [1.807, 2.05) is 6.92 Å². The first kappa shape index (κ1) is 18.0. The van der Waals surface area contributed by atoms with E-state index in [4.69, 9.17) is 4.74 Å². The molecule has 0 aliphatic heterocycles. The number of carbonyl (C=O) groups is 3. The lowest BCUT2D eigenvalue weighted by Crippen LogP contribution is -2.59. The van der Waals surface area contributed by atoms with Gasteiger partial charge in [-0.05, 0) is 68.1 Å². The van der Waals surface area contributed by atoms with Crippen LogP contribution in [0.15, 0.2) is 0 Å². The highest BCUT2D eigenvalue weighted by Gasteiger charge is 2.70. The van der Waals surface area contributed by atoms with Crippen LogP contribution in [0, 0.1) is 28.1 Å². The summed E-state index contributed by atoms with van der Waals surface area (Å²) in [6, 6.07) is 0. The number of ether oxygens (including phenoxy) is 1. The smallest absolute Gasteiger partial charge is 0.309 e. The Bertz CT molecular complexity index is 686. The van der Waals surface area contributed by atoms with Crippen LogP contribution < -0.4 is 0 Å². The topological polar surface area (TPSA) is 80.7 Å². The first-order valence-corrected chi connectivity index (χ1v) is 10.0. The van der Waals surface area contributed by atoms with E-state index in [2.05, 4.69) is 6.92 Å². The fourth-order valence-electron chi connectivity index (χ4n) is 7.83. The summed E-state index contributed by atoms with van der Waals surface area (Å²) in [7, 11) is 0. The van der Waals surface area contributed by atoms with E-state index < -0.39 is 17.0 Å². The second-order valence-electron chi connectivity index (χ2n) is 9.99. The molecule has 5 nitrogen and oxygen atoms in total. The quantitative estimate of drug-likeness (QED) is 0.757. The Morgan fingerprint density at radius 2 is 1.77 bits per heavy atom. The molecule has 2 bridgehead atoms. The van der Waals surface area contributed by atoms with E-state index in [0.717, 1.165) is 38.5 Å². The van der Waals surface area contributed by atoms with Gasteiger partial charge in [-0.15, -0.1) is 0 Å². The summed E-state index contributed by atoms with van der Waals surface area (Å²) in [5.41, 5.74) is -1.72. The fraction of sp³-hybridized carbons (Fsp3) is 0.857. The minimum absolute atomic E-state index is 0.0450. The largest absolute Gasteiger partial charge is 0.481 e. The minimum Gasteiger partial charge on any atom is -0.481 e. The van der Waals surface area contributed by atoms with Gasteiger partial charge in [0.05, 0.1) is 5.41 Å². The maximum Gasteiger partial charge on any atom is 0.309 e. The first-order chi connectivity index (χ1) is 12.1. The number of Topliss-reactive ketones (excluding diaryl/α,β-unsaturated/α-hetero) is 1. The van der Waals surface area contributed by atoms with E-state index in [1.165, 1.54) is 6.92 Å². The molecule has 0 amide bonds. The number of rotatable bonds is 2. The second-order valence-corrected chi connectivity index (χ2v) is 9.99. The van der Waals surface area contributed by atoms with Crippen molar-refractivity contribution in [3.63, 3.8) is 0 Å². The molecule has 26 heavy (non-hydrogen) atoms. The summed E-state index contributed by atoms with van der Waals surface area (Å²) in [5.74, 6) is -0.437. The van der Waals surface area contributed by atoms with Gasteiger partial charge in [-0.3, -0.25) is 14.4 Å². The molecule has 1 spiro atoms. The third-order valence-electron chi connectivity index (χ3n) is 8.77. The van der Waals surface area contributed by atoms with Crippen LogP contribution in [0.25, 0.3) is 0 Å². The maximum absolute atomic E-state index is 12.9. The molecule has 0 saturated heterocycles. The fourth-order valence-corrected chi connectivity index (χ4v) is 7.83. The van der Waals surface area contributed by atoms with Crippen molar-refractivity contribution in [3.8, 4) is 0 Å².